The molecule has 0 aliphatic carbocycles. The zero-order valence-corrected chi connectivity index (χ0v) is 72.6. The van der Waals surface area contributed by atoms with Gasteiger partial charge in [-0.15, -0.1) is 0 Å². The number of carbonyl (C=O) groups excluding carboxylic acids is 4. The lowest BCUT2D eigenvalue weighted by Crippen LogP contribution is -2.30. The maximum Gasteiger partial charge on any atom is 0.472 e. The van der Waals surface area contributed by atoms with Crippen molar-refractivity contribution in [2.75, 3.05) is 39.6 Å². The number of esters is 4. The van der Waals surface area contributed by atoms with E-state index in [1.54, 1.807) is 0 Å². The highest BCUT2D eigenvalue weighted by atomic mass is 31.2. The zero-order valence-electron chi connectivity index (χ0n) is 70.8. The smallest absolute Gasteiger partial charge is 0.462 e. The Balaban J connectivity index is 5.22. The minimum Gasteiger partial charge on any atom is -0.462 e. The Morgan fingerprint density at radius 2 is 0.370 bits per heavy atom. The fourth-order valence-corrected chi connectivity index (χ4v) is 15.6. The first kappa shape index (κ1) is 106. The van der Waals surface area contributed by atoms with Crippen LogP contribution in [0.2, 0.25) is 0 Å². The second-order valence-electron chi connectivity index (χ2n) is 32.0. The van der Waals surface area contributed by atoms with E-state index in [-0.39, 0.29) is 25.7 Å². The van der Waals surface area contributed by atoms with Gasteiger partial charge in [-0.1, -0.05) is 439 Å². The van der Waals surface area contributed by atoms with Crippen LogP contribution in [0.25, 0.3) is 0 Å². The molecule has 0 spiro atoms. The largest absolute Gasteiger partial charge is 0.472 e. The third-order valence-electron chi connectivity index (χ3n) is 21.1. The Hall–Kier alpha value is -1.94. The number of hydrogen-bond donors (Lipinski definition) is 3. The Morgan fingerprint density at radius 1 is 0.222 bits per heavy atom. The first-order valence-corrected chi connectivity index (χ1v) is 49.3. The van der Waals surface area contributed by atoms with Crippen molar-refractivity contribution in [3.05, 3.63) is 0 Å². The monoisotopic (exact) mass is 1580 g/mol. The SMILES string of the molecule is CCCCCCCCCCCCCCCCCCCCCCCCC(=O)O[C@H](COC(=O)CCCCCCCCCCCCCCCCCCCCCC)COP(=O)(O)OC[C@@H](O)COP(=O)(O)OC[C@@H](COC(=O)CCCCCCCCCCCCC)OC(=O)CCCCCCCCCCCCCCCCC. The van der Waals surface area contributed by atoms with Gasteiger partial charge in [-0.05, 0) is 25.7 Å². The Morgan fingerprint density at radius 3 is 0.546 bits per heavy atom. The van der Waals surface area contributed by atoms with Gasteiger partial charge in [-0.2, -0.15) is 0 Å². The van der Waals surface area contributed by atoms with Gasteiger partial charge in [0.05, 0.1) is 26.4 Å². The summed E-state index contributed by atoms with van der Waals surface area (Å²) >= 11 is 0. The van der Waals surface area contributed by atoms with Crippen LogP contribution in [0.4, 0.5) is 0 Å². The van der Waals surface area contributed by atoms with E-state index >= 15 is 0 Å². The maximum atomic E-state index is 13.2. The molecule has 2 unspecified atom stereocenters. The molecule has 0 saturated carbocycles. The van der Waals surface area contributed by atoms with Crippen LogP contribution in [0.1, 0.15) is 490 Å². The number of unbranched alkanes of at least 4 members (excludes halogenated alkanes) is 64. The van der Waals surface area contributed by atoms with Crippen LogP contribution >= 0.6 is 15.6 Å². The van der Waals surface area contributed by atoms with Gasteiger partial charge in [0.15, 0.2) is 12.2 Å². The van der Waals surface area contributed by atoms with Crippen molar-refractivity contribution in [3.8, 4) is 0 Å². The minimum absolute atomic E-state index is 0.109. The summed E-state index contributed by atoms with van der Waals surface area (Å²) in [7, 11) is -9.93. The minimum atomic E-state index is -4.97. The van der Waals surface area contributed by atoms with Gasteiger partial charge in [-0.3, -0.25) is 37.3 Å². The van der Waals surface area contributed by atoms with Gasteiger partial charge >= 0.3 is 39.5 Å². The normalized spacial score (nSPS) is 13.7. The van der Waals surface area contributed by atoms with E-state index in [4.69, 9.17) is 37.0 Å². The van der Waals surface area contributed by atoms with E-state index in [9.17, 15) is 43.2 Å². The van der Waals surface area contributed by atoms with Crippen LogP contribution in [0.3, 0.4) is 0 Å². The second kappa shape index (κ2) is 83.0. The predicted molar refractivity (Wildman–Crippen MR) is 446 cm³/mol. The summed E-state index contributed by atoms with van der Waals surface area (Å²) in [6, 6.07) is 0. The Labute approximate surface area is 664 Å². The molecule has 0 heterocycles. The number of rotatable bonds is 90. The summed E-state index contributed by atoms with van der Waals surface area (Å²) in [6.45, 7) is 5.07. The lowest BCUT2D eigenvalue weighted by Gasteiger charge is -2.21. The van der Waals surface area contributed by atoms with E-state index in [0.29, 0.717) is 25.7 Å². The number of hydrogen-bond acceptors (Lipinski definition) is 15. The lowest BCUT2D eigenvalue weighted by molar-refractivity contribution is -0.161. The molecule has 0 aromatic rings. The van der Waals surface area contributed by atoms with Crippen molar-refractivity contribution >= 4 is 39.5 Å². The van der Waals surface area contributed by atoms with Crippen LogP contribution in [0, 0.1) is 0 Å². The molecule has 5 atom stereocenters. The predicted octanol–water partition coefficient (Wildman–Crippen LogP) is 27.7. The third kappa shape index (κ3) is 82.1. The highest BCUT2D eigenvalue weighted by Crippen LogP contribution is 2.45. The maximum absolute atomic E-state index is 13.2. The van der Waals surface area contributed by atoms with E-state index in [0.717, 1.165) is 89.9 Å². The molecule has 19 heteroatoms. The number of carbonyl (C=O) groups is 4. The topological polar surface area (TPSA) is 237 Å². The average molecular weight is 1580 g/mol. The van der Waals surface area contributed by atoms with Crippen molar-refractivity contribution in [2.45, 2.75) is 508 Å². The Kier molecular flexibility index (Phi) is 81.5. The highest BCUT2D eigenvalue weighted by Gasteiger charge is 2.30. The lowest BCUT2D eigenvalue weighted by atomic mass is 10.0. The summed E-state index contributed by atoms with van der Waals surface area (Å²) in [5, 5.41) is 10.7. The van der Waals surface area contributed by atoms with Crippen molar-refractivity contribution in [2.24, 2.45) is 0 Å². The van der Waals surface area contributed by atoms with Crippen molar-refractivity contribution in [1.82, 2.24) is 0 Å². The number of phosphoric acid groups is 2. The number of phosphoric ester groups is 2. The molecule has 0 aromatic heterocycles. The molecular formula is C89H174O17P2. The first-order valence-electron chi connectivity index (χ1n) is 46.3. The molecule has 0 saturated heterocycles. The van der Waals surface area contributed by atoms with Crippen LogP contribution < -0.4 is 0 Å². The van der Waals surface area contributed by atoms with Gasteiger partial charge in [0.25, 0.3) is 0 Å². The number of aliphatic hydroxyl groups is 1. The fourth-order valence-electron chi connectivity index (χ4n) is 14.1. The standard InChI is InChI=1S/C89H174O17P2/c1-5-9-13-17-21-25-29-32-35-37-39-41-42-44-46-49-52-56-60-64-68-72-76-89(94)106-85(80-100-87(92)74-70-66-62-58-54-50-48-45-43-40-38-36-33-30-26-22-18-14-10-6-2)82-104-108(97,98)102-78-83(90)77-101-107(95,96)103-81-84(79-99-86(91)73-69-65-61-57-53-28-24-20-16-12-8-4)105-88(93)75-71-67-63-59-55-51-47-34-31-27-23-19-15-11-7-3/h83-85,90H,5-82H2,1-4H3,(H,95,96)(H,97,98)/t83-,84+,85+/m0/s1. The van der Waals surface area contributed by atoms with E-state index in [1.807, 2.05) is 0 Å². The average Bonchev–Trinajstić information content (AvgIpc) is 0.905. The van der Waals surface area contributed by atoms with Crippen LogP contribution in [-0.2, 0) is 65.4 Å². The summed E-state index contributed by atoms with van der Waals surface area (Å²) in [4.78, 5) is 73.3. The van der Waals surface area contributed by atoms with Crippen LogP contribution in [0.15, 0.2) is 0 Å². The number of ether oxygens (including phenoxy) is 4. The molecular weight excluding hydrogens is 1400 g/mol. The van der Waals surface area contributed by atoms with Crippen LogP contribution in [-0.4, -0.2) is 96.7 Å². The molecule has 0 amide bonds. The van der Waals surface area contributed by atoms with E-state index < -0.39 is 97.5 Å². The molecule has 642 valence electrons. The molecule has 0 bridgehead atoms. The molecule has 17 nitrogen and oxygen atoms in total. The highest BCUT2D eigenvalue weighted by molar-refractivity contribution is 7.47. The molecule has 0 aliphatic rings. The van der Waals surface area contributed by atoms with Gasteiger partial charge in [0, 0.05) is 25.7 Å². The first-order chi connectivity index (χ1) is 52.7. The van der Waals surface area contributed by atoms with Crippen LogP contribution in [0.5, 0.6) is 0 Å². The van der Waals surface area contributed by atoms with E-state index in [1.165, 1.54) is 321 Å². The van der Waals surface area contributed by atoms with Crippen molar-refractivity contribution < 1.29 is 80.2 Å². The molecule has 3 N–H and O–H groups in total. The Bertz CT molecular complexity index is 2030. The molecule has 0 rings (SSSR count). The van der Waals surface area contributed by atoms with Crippen molar-refractivity contribution in [3.63, 3.8) is 0 Å². The second-order valence-corrected chi connectivity index (χ2v) is 34.9. The molecule has 108 heavy (non-hydrogen) atoms. The third-order valence-corrected chi connectivity index (χ3v) is 23.0. The molecule has 0 fully saturated rings. The van der Waals surface area contributed by atoms with Gasteiger partial charge in [0.1, 0.15) is 19.3 Å². The molecule has 0 radical (unpaired) electrons. The van der Waals surface area contributed by atoms with Gasteiger partial charge in [-0.25, -0.2) is 9.13 Å². The van der Waals surface area contributed by atoms with Gasteiger partial charge in [0.2, 0.25) is 0 Å². The number of aliphatic hydroxyl groups excluding tert-OH is 1. The summed E-state index contributed by atoms with van der Waals surface area (Å²) in [6.07, 6.45) is 79.2. The zero-order chi connectivity index (χ0) is 78.9. The van der Waals surface area contributed by atoms with Gasteiger partial charge < -0.3 is 33.8 Å². The fraction of sp³-hybridized carbons (Fsp3) is 0.955. The van der Waals surface area contributed by atoms with E-state index in [2.05, 4.69) is 27.7 Å². The molecule has 0 aliphatic heterocycles. The van der Waals surface area contributed by atoms with Crippen molar-refractivity contribution in [1.29, 1.82) is 0 Å². The summed E-state index contributed by atoms with van der Waals surface area (Å²) in [5.74, 6) is -2.09. The quantitative estimate of drug-likeness (QED) is 0.0222. The summed E-state index contributed by atoms with van der Waals surface area (Å²) in [5.41, 5.74) is 0. The molecule has 0 aromatic carbocycles. The summed E-state index contributed by atoms with van der Waals surface area (Å²) < 4.78 is 69.0.